The van der Waals surface area contributed by atoms with Crippen molar-refractivity contribution in [2.45, 2.75) is 19.4 Å². The molecule has 3 aromatic rings. The number of hydrogen-bond donors (Lipinski definition) is 2. The normalized spacial score (nSPS) is 16.6. The van der Waals surface area contributed by atoms with Crippen molar-refractivity contribution in [3.63, 3.8) is 0 Å². The Morgan fingerprint density at radius 1 is 1.40 bits per heavy atom. The molecule has 2 amide bonds. The summed E-state index contributed by atoms with van der Waals surface area (Å²) in [5.41, 5.74) is 1.77. The molecule has 2 aromatic heterocycles. The van der Waals surface area contributed by atoms with E-state index in [1.54, 1.807) is 19.1 Å². The number of amides is 2. The van der Waals surface area contributed by atoms with Gasteiger partial charge in [-0.1, -0.05) is 30.0 Å². The quantitative estimate of drug-likeness (QED) is 0.426. The first-order valence-electron chi connectivity index (χ1n) is 9.28. The van der Waals surface area contributed by atoms with Crippen molar-refractivity contribution in [3.8, 4) is 0 Å². The largest absolute Gasteiger partial charge is 0.361 e. The van der Waals surface area contributed by atoms with E-state index in [9.17, 15) is 14.0 Å². The number of rotatable bonds is 6. The Morgan fingerprint density at radius 3 is 3.00 bits per heavy atom. The van der Waals surface area contributed by atoms with Gasteiger partial charge in [-0.05, 0) is 54.6 Å². The van der Waals surface area contributed by atoms with Gasteiger partial charge in [-0.2, -0.15) is 0 Å². The molecule has 1 fully saturated rings. The van der Waals surface area contributed by atoms with Crippen LogP contribution in [0.4, 0.5) is 4.39 Å². The molecule has 3 heterocycles. The lowest BCUT2D eigenvalue weighted by Crippen LogP contribution is -2.47. The van der Waals surface area contributed by atoms with Gasteiger partial charge in [0.2, 0.25) is 5.91 Å². The second kappa shape index (κ2) is 8.71. The zero-order valence-electron chi connectivity index (χ0n) is 16.0. The first-order valence-corrected chi connectivity index (χ1v) is 11.4. The number of hydrogen-bond acceptors (Lipinski definition) is 5. The van der Waals surface area contributed by atoms with Crippen LogP contribution in [0.3, 0.4) is 0 Å². The molecule has 0 spiro atoms. The van der Waals surface area contributed by atoms with Gasteiger partial charge in [0.05, 0.1) is 4.91 Å². The molecule has 2 N–H and O–H groups in total. The number of H-pyrrole nitrogens is 1. The fourth-order valence-corrected chi connectivity index (χ4v) is 5.40. The van der Waals surface area contributed by atoms with Gasteiger partial charge in [0.25, 0.3) is 5.91 Å². The first kappa shape index (κ1) is 20.8. The predicted molar refractivity (Wildman–Crippen MR) is 124 cm³/mol. The van der Waals surface area contributed by atoms with E-state index in [1.807, 2.05) is 23.7 Å². The van der Waals surface area contributed by atoms with Crippen molar-refractivity contribution in [3.05, 3.63) is 63.1 Å². The number of aromatic nitrogens is 1. The molecule has 1 aliphatic rings. The van der Waals surface area contributed by atoms with Gasteiger partial charge < -0.3 is 10.3 Å². The van der Waals surface area contributed by atoms with E-state index in [2.05, 4.69) is 10.3 Å². The third-order valence-electron chi connectivity index (χ3n) is 4.83. The Labute approximate surface area is 186 Å². The highest BCUT2D eigenvalue weighted by atomic mass is 32.2. The van der Waals surface area contributed by atoms with Gasteiger partial charge in [-0.3, -0.25) is 14.5 Å². The van der Waals surface area contributed by atoms with Crippen LogP contribution in [-0.2, 0) is 16.0 Å². The molecular formula is C21H18FN3O2S3. The Morgan fingerprint density at radius 2 is 2.23 bits per heavy atom. The Bertz CT molecular complexity index is 1150. The summed E-state index contributed by atoms with van der Waals surface area (Å²) in [5.74, 6) is -0.839. The van der Waals surface area contributed by atoms with Crippen LogP contribution in [0.25, 0.3) is 17.0 Å². The zero-order chi connectivity index (χ0) is 21.3. The number of thiophene rings is 1. The minimum atomic E-state index is -0.716. The number of nitrogens with zero attached hydrogens (tertiary/aromatic N) is 1. The molecule has 1 aliphatic heterocycles. The fourth-order valence-electron chi connectivity index (χ4n) is 3.26. The minimum Gasteiger partial charge on any atom is -0.361 e. The molecule has 4 rings (SSSR count). The van der Waals surface area contributed by atoms with Crippen LogP contribution in [0.2, 0.25) is 0 Å². The smallest absolute Gasteiger partial charge is 0.266 e. The van der Waals surface area contributed by atoms with Gasteiger partial charge in [0.15, 0.2) is 0 Å². The summed E-state index contributed by atoms with van der Waals surface area (Å²) in [5, 5.41) is 5.59. The van der Waals surface area contributed by atoms with Crippen LogP contribution in [0.1, 0.15) is 17.4 Å². The number of aromatic amines is 1. The van der Waals surface area contributed by atoms with E-state index in [0.29, 0.717) is 22.2 Å². The van der Waals surface area contributed by atoms with Crippen molar-refractivity contribution in [1.29, 1.82) is 0 Å². The van der Waals surface area contributed by atoms with Crippen molar-refractivity contribution >= 4 is 68.4 Å². The molecule has 1 unspecified atom stereocenters. The van der Waals surface area contributed by atoms with Crippen LogP contribution in [0.15, 0.2) is 46.8 Å². The van der Waals surface area contributed by atoms with Crippen LogP contribution in [0, 0.1) is 5.82 Å². The molecule has 9 heteroatoms. The Hall–Kier alpha value is -2.49. The first-order chi connectivity index (χ1) is 14.4. The van der Waals surface area contributed by atoms with Crippen LogP contribution in [-0.4, -0.2) is 38.6 Å². The monoisotopic (exact) mass is 459 g/mol. The average Bonchev–Trinajstić information content (AvgIpc) is 3.43. The maximum atomic E-state index is 13.5. The molecule has 1 atom stereocenters. The van der Waals surface area contributed by atoms with Gasteiger partial charge in [0, 0.05) is 28.5 Å². The highest BCUT2D eigenvalue weighted by molar-refractivity contribution is 8.26. The lowest BCUT2D eigenvalue weighted by atomic mass is 10.1. The summed E-state index contributed by atoms with van der Waals surface area (Å²) in [4.78, 5) is 31.3. The van der Waals surface area contributed by atoms with E-state index in [4.69, 9.17) is 12.2 Å². The predicted octanol–water partition coefficient (Wildman–Crippen LogP) is 4.32. The summed E-state index contributed by atoms with van der Waals surface area (Å²) in [7, 11) is 0. The third kappa shape index (κ3) is 4.19. The molecule has 0 aliphatic carbocycles. The zero-order valence-corrected chi connectivity index (χ0v) is 18.4. The number of thiocarbonyl (C=S) groups is 1. The number of fused-ring (bicyclic) bond motifs is 1. The number of nitrogens with one attached hydrogen (secondary N) is 2. The van der Waals surface area contributed by atoms with E-state index >= 15 is 0 Å². The topological polar surface area (TPSA) is 65.2 Å². The van der Waals surface area contributed by atoms with Crippen molar-refractivity contribution in [1.82, 2.24) is 15.2 Å². The van der Waals surface area contributed by atoms with Gasteiger partial charge in [-0.15, -0.1) is 11.3 Å². The second-order valence-electron chi connectivity index (χ2n) is 6.79. The highest BCUT2D eigenvalue weighted by Gasteiger charge is 2.38. The van der Waals surface area contributed by atoms with Crippen molar-refractivity contribution in [2.75, 3.05) is 6.54 Å². The summed E-state index contributed by atoms with van der Waals surface area (Å²) in [6.07, 6.45) is 4.15. The van der Waals surface area contributed by atoms with E-state index in [0.717, 1.165) is 21.3 Å². The van der Waals surface area contributed by atoms with Gasteiger partial charge in [0.1, 0.15) is 16.2 Å². The maximum absolute atomic E-state index is 13.5. The molecule has 5 nitrogen and oxygen atoms in total. The standard InChI is InChI=1S/C21H18FN3O2S3/c1-12(25-20(27)18(30-21(25)28)10-15-3-2-8-29-15)19(26)23-7-6-13-11-24-17-5-4-14(22)9-16(13)17/h2-5,8-12,24H,6-7H2,1H3,(H,23,26). The second-order valence-corrected chi connectivity index (χ2v) is 9.44. The minimum absolute atomic E-state index is 0.256. The summed E-state index contributed by atoms with van der Waals surface area (Å²) in [6, 6.07) is 7.69. The van der Waals surface area contributed by atoms with Crippen molar-refractivity contribution in [2.24, 2.45) is 0 Å². The SMILES string of the molecule is CC(C(=O)NCCc1c[nH]c2ccc(F)cc12)N1C(=O)C(=Cc2cccs2)SC1=S. The lowest BCUT2D eigenvalue weighted by Gasteiger charge is -2.22. The van der Waals surface area contributed by atoms with Gasteiger partial charge >= 0.3 is 0 Å². The number of benzene rings is 1. The molecule has 0 saturated carbocycles. The average molecular weight is 460 g/mol. The summed E-state index contributed by atoms with van der Waals surface area (Å²) in [6.45, 7) is 2.03. The molecule has 0 bridgehead atoms. The van der Waals surface area contributed by atoms with E-state index in [-0.39, 0.29) is 17.6 Å². The molecule has 0 radical (unpaired) electrons. The van der Waals surface area contributed by atoms with E-state index in [1.165, 1.54) is 40.1 Å². The van der Waals surface area contributed by atoms with Gasteiger partial charge in [-0.25, -0.2) is 4.39 Å². The number of thioether (sulfide) groups is 1. The molecule has 1 aromatic carbocycles. The number of carbonyl (C=O) groups is 2. The lowest BCUT2D eigenvalue weighted by molar-refractivity contribution is -0.132. The number of halogens is 1. The van der Waals surface area contributed by atoms with E-state index < -0.39 is 6.04 Å². The third-order valence-corrected chi connectivity index (χ3v) is 6.98. The molecular weight excluding hydrogens is 441 g/mol. The van der Waals surface area contributed by atoms with Crippen LogP contribution in [0.5, 0.6) is 0 Å². The highest BCUT2D eigenvalue weighted by Crippen LogP contribution is 2.34. The maximum Gasteiger partial charge on any atom is 0.266 e. The summed E-state index contributed by atoms with van der Waals surface area (Å²) >= 11 is 8.08. The van der Waals surface area contributed by atoms with Crippen LogP contribution >= 0.6 is 35.3 Å². The fraction of sp³-hybridized carbons (Fsp3) is 0.190. The number of carbonyl (C=O) groups excluding carboxylic acids is 2. The Balaban J connectivity index is 1.38. The van der Waals surface area contributed by atoms with Crippen molar-refractivity contribution < 1.29 is 14.0 Å². The summed E-state index contributed by atoms with van der Waals surface area (Å²) < 4.78 is 13.9. The molecule has 30 heavy (non-hydrogen) atoms. The Kier molecular flexibility index (Phi) is 6.03. The molecule has 154 valence electrons. The van der Waals surface area contributed by atoms with Crippen LogP contribution < -0.4 is 5.32 Å². The molecule has 1 saturated heterocycles.